The lowest BCUT2D eigenvalue weighted by Gasteiger charge is -2.33. The van der Waals surface area contributed by atoms with Crippen LogP contribution >= 0.6 is 0 Å². The summed E-state index contributed by atoms with van der Waals surface area (Å²) in [5.74, 6) is 0.424. The first kappa shape index (κ1) is 15.2. The number of likely N-dealkylation sites (tertiary alicyclic amines) is 2. The van der Waals surface area contributed by atoms with E-state index in [9.17, 15) is 4.79 Å². The molecule has 3 aliphatic rings. The van der Waals surface area contributed by atoms with Gasteiger partial charge in [0.15, 0.2) is 0 Å². The molecule has 1 amide bonds. The minimum absolute atomic E-state index is 0.0844. The number of nitrogens with zero attached hydrogens (tertiary/aromatic N) is 2. The van der Waals surface area contributed by atoms with E-state index in [0.29, 0.717) is 5.91 Å². The molecular weight excluding hydrogens is 288 g/mol. The minimum atomic E-state index is 0.0844. The highest BCUT2D eigenvalue weighted by atomic mass is 16.5. The quantitative estimate of drug-likeness (QED) is 0.857. The highest BCUT2D eigenvalue weighted by molar-refractivity contribution is 5.80. The van der Waals surface area contributed by atoms with Crippen molar-refractivity contribution in [3.05, 3.63) is 35.4 Å². The predicted octanol–water partition coefficient (Wildman–Crippen LogP) is 2.21. The monoisotopic (exact) mass is 314 g/mol. The second-order valence-electron chi connectivity index (χ2n) is 7.35. The highest BCUT2D eigenvalue weighted by Gasteiger charge is 2.45. The molecule has 3 heterocycles. The first-order valence-corrected chi connectivity index (χ1v) is 8.91. The number of carbonyl (C=O) groups is 1. The summed E-state index contributed by atoms with van der Waals surface area (Å²) >= 11 is 0. The summed E-state index contributed by atoms with van der Waals surface area (Å²) in [5.41, 5.74) is 2.64. The van der Waals surface area contributed by atoms with Gasteiger partial charge < -0.3 is 9.64 Å². The van der Waals surface area contributed by atoms with Crippen LogP contribution in [0.1, 0.15) is 30.4 Å². The lowest BCUT2D eigenvalue weighted by atomic mass is 9.99. The van der Waals surface area contributed by atoms with Crippen LogP contribution in [-0.2, 0) is 16.1 Å². The van der Waals surface area contributed by atoms with Crippen molar-refractivity contribution in [2.75, 3.05) is 26.2 Å². The Morgan fingerprint density at radius 1 is 1.17 bits per heavy atom. The summed E-state index contributed by atoms with van der Waals surface area (Å²) in [6.45, 7) is 6.80. The number of carbonyl (C=O) groups excluding carboxylic acids is 1. The van der Waals surface area contributed by atoms with E-state index < -0.39 is 0 Å². The van der Waals surface area contributed by atoms with Gasteiger partial charge in [0.05, 0.1) is 18.1 Å². The van der Waals surface area contributed by atoms with Crippen molar-refractivity contribution in [3.63, 3.8) is 0 Å². The summed E-state index contributed by atoms with van der Waals surface area (Å²) in [5, 5.41) is 0. The van der Waals surface area contributed by atoms with E-state index in [0.717, 1.165) is 52.0 Å². The molecule has 0 aromatic heterocycles. The molecule has 1 aromatic rings. The molecule has 23 heavy (non-hydrogen) atoms. The maximum atomic E-state index is 12.7. The highest BCUT2D eigenvalue weighted by Crippen LogP contribution is 2.34. The molecule has 0 aliphatic carbocycles. The topological polar surface area (TPSA) is 32.8 Å². The molecule has 0 saturated carbocycles. The number of ether oxygens (including phenoxy) is 1. The summed E-state index contributed by atoms with van der Waals surface area (Å²) in [6.07, 6.45) is 3.55. The molecule has 4 rings (SSSR count). The Morgan fingerprint density at radius 3 is 2.65 bits per heavy atom. The average molecular weight is 314 g/mol. The lowest BCUT2D eigenvalue weighted by Crippen LogP contribution is -2.45. The van der Waals surface area contributed by atoms with E-state index in [-0.39, 0.29) is 18.1 Å². The van der Waals surface area contributed by atoms with Crippen LogP contribution in [0.15, 0.2) is 24.3 Å². The van der Waals surface area contributed by atoms with Crippen LogP contribution < -0.4 is 0 Å². The number of aryl methyl sites for hydroxylation is 1. The molecular formula is C19H26N2O2. The number of rotatable bonds is 3. The zero-order valence-corrected chi connectivity index (χ0v) is 13.9. The number of hydrogen-bond donors (Lipinski definition) is 0. The number of morpholine rings is 1. The normalized spacial score (nSPS) is 30.8. The molecule has 3 atom stereocenters. The summed E-state index contributed by atoms with van der Waals surface area (Å²) < 4.78 is 6.09. The van der Waals surface area contributed by atoms with E-state index in [1.165, 1.54) is 11.1 Å². The van der Waals surface area contributed by atoms with Crippen LogP contribution in [0.5, 0.6) is 0 Å². The standard InChI is InChI=1S/C19H26N2O2/c1-14-4-6-15(7-5-14)11-20-12-16-10-17(18(13-20)23-16)19(22)21-8-2-3-9-21/h4-7,16-18H,2-3,8-13H2,1H3/t16-,17-,18-/m1/s1. The Morgan fingerprint density at radius 2 is 1.91 bits per heavy atom. The lowest BCUT2D eigenvalue weighted by molar-refractivity contribution is -0.137. The second kappa shape index (κ2) is 6.25. The van der Waals surface area contributed by atoms with Gasteiger partial charge in [-0.05, 0) is 31.7 Å². The molecule has 0 N–H and O–H groups in total. The Bertz CT molecular complexity index is 565. The Balaban J connectivity index is 1.39. The second-order valence-corrected chi connectivity index (χ2v) is 7.35. The maximum Gasteiger partial charge on any atom is 0.228 e. The van der Waals surface area contributed by atoms with Crippen molar-refractivity contribution in [1.82, 2.24) is 9.80 Å². The Hall–Kier alpha value is -1.39. The van der Waals surface area contributed by atoms with Gasteiger partial charge >= 0.3 is 0 Å². The molecule has 124 valence electrons. The van der Waals surface area contributed by atoms with Crippen LogP contribution in [0.25, 0.3) is 0 Å². The molecule has 0 radical (unpaired) electrons. The third-order valence-corrected chi connectivity index (χ3v) is 5.49. The van der Waals surface area contributed by atoms with Crippen molar-refractivity contribution in [3.8, 4) is 0 Å². The van der Waals surface area contributed by atoms with Crippen LogP contribution in [0.3, 0.4) is 0 Å². The molecule has 2 bridgehead atoms. The number of hydrogen-bond acceptors (Lipinski definition) is 3. The number of benzene rings is 1. The minimum Gasteiger partial charge on any atom is -0.371 e. The van der Waals surface area contributed by atoms with Crippen molar-refractivity contribution in [2.24, 2.45) is 5.92 Å². The molecule has 3 aliphatic heterocycles. The number of fused-ring (bicyclic) bond motifs is 2. The SMILES string of the molecule is Cc1ccc(CN2C[C@H]3C[C@@H](C(=O)N4CCCC4)[C@@H](C2)O3)cc1. The number of amides is 1. The van der Waals surface area contributed by atoms with Gasteiger partial charge in [0.25, 0.3) is 0 Å². The van der Waals surface area contributed by atoms with E-state index in [4.69, 9.17) is 4.74 Å². The fraction of sp³-hybridized carbons (Fsp3) is 0.632. The fourth-order valence-corrected chi connectivity index (χ4v) is 4.25. The predicted molar refractivity (Wildman–Crippen MR) is 89.0 cm³/mol. The molecule has 3 saturated heterocycles. The van der Waals surface area contributed by atoms with Crippen LogP contribution in [0.2, 0.25) is 0 Å². The largest absolute Gasteiger partial charge is 0.371 e. The van der Waals surface area contributed by atoms with Crippen LogP contribution in [0.4, 0.5) is 0 Å². The first-order valence-electron chi connectivity index (χ1n) is 8.91. The Labute approximate surface area is 138 Å². The van der Waals surface area contributed by atoms with Gasteiger partial charge in [0.1, 0.15) is 0 Å². The van der Waals surface area contributed by atoms with Gasteiger partial charge in [-0.3, -0.25) is 9.69 Å². The first-order chi connectivity index (χ1) is 11.2. The van der Waals surface area contributed by atoms with Gasteiger partial charge in [-0.25, -0.2) is 0 Å². The third-order valence-electron chi connectivity index (χ3n) is 5.49. The van der Waals surface area contributed by atoms with Gasteiger partial charge in [-0.2, -0.15) is 0 Å². The van der Waals surface area contributed by atoms with Crippen molar-refractivity contribution < 1.29 is 9.53 Å². The Kier molecular flexibility index (Phi) is 4.12. The van der Waals surface area contributed by atoms with Crippen molar-refractivity contribution >= 4 is 5.91 Å². The summed E-state index contributed by atoms with van der Waals surface area (Å²) in [6, 6.07) is 8.76. The van der Waals surface area contributed by atoms with Gasteiger partial charge in [0.2, 0.25) is 5.91 Å². The van der Waals surface area contributed by atoms with E-state index in [2.05, 4.69) is 41.0 Å². The zero-order chi connectivity index (χ0) is 15.8. The molecule has 4 heteroatoms. The van der Waals surface area contributed by atoms with Gasteiger partial charge in [-0.15, -0.1) is 0 Å². The van der Waals surface area contributed by atoms with E-state index in [1.54, 1.807) is 0 Å². The average Bonchev–Trinajstić information content (AvgIpc) is 3.17. The van der Waals surface area contributed by atoms with Crippen LogP contribution in [-0.4, -0.2) is 54.1 Å². The summed E-state index contributed by atoms with van der Waals surface area (Å²) in [4.78, 5) is 17.2. The molecule has 0 spiro atoms. The van der Waals surface area contributed by atoms with E-state index >= 15 is 0 Å². The fourth-order valence-electron chi connectivity index (χ4n) is 4.25. The molecule has 0 unspecified atom stereocenters. The summed E-state index contributed by atoms with van der Waals surface area (Å²) in [7, 11) is 0. The van der Waals surface area contributed by atoms with E-state index in [1.807, 2.05) is 0 Å². The molecule has 1 aromatic carbocycles. The van der Waals surface area contributed by atoms with Gasteiger partial charge in [-0.1, -0.05) is 29.8 Å². The maximum absolute atomic E-state index is 12.7. The third kappa shape index (κ3) is 3.15. The smallest absolute Gasteiger partial charge is 0.228 e. The van der Waals surface area contributed by atoms with Crippen molar-refractivity contribution in [2.45, 2.75) is 44.9 Å². The molecule has 3 fully saturated rings. The zero-order valence-electron chi connectivity index (χ0n) is 13.9. The van der Waals surface area contributed by atoms with Gasteiger partial charge in [0, 0.05) is 32.7 Å². The van der Waals surface area contributed by atoms with Crippen LogP contribution in [0, 0.1) is 12.8 Å². The molecule has 4 nitrogen and oxygen atoms in total. The van der Waals surface area contributed by atoms with Crippen molar-refractivity contribution in [1.29, 1.82) is 0 Å².